The van der Waals surface area contributed by atoms with Crippen LogP contribution < -0.4 is 4.74 Å². The second-order valence-electron chi connectivity index (χ2n) is 2.47. The number of ether oxygens (including phenoxy) is 1. The Hall–Kier alpha value is -1.81. The van der Waals surface area contributed by atoms with E-state index in [4.69, 9.17) is 10.3 Å². The molecule has 0 unspecified atom stereocenters. The molecule has 74 valence electrons. The summed E-state index contributed by atoms with van der Waals surface area (Å²) in [5.74, 6) is -1.85. The molecular weight excluding hydrogens is 192 g/mol. The van der Waals surface area contributed by atoms with Crippen LogP contribution in [-0.2, 0) is 6.54 Å². The minimum absolute atomic E-state index is 0.0281. The van der Waals surface area contributed by atoms with E-state index in [0.717, 1.165) is 6.07 Å². The zero-order valence-electron chi connectivity index (χ0n) is 7.37. The third-order valence-electron chi connectivity index (χ3n) is 1.62. The molecule has 0 heterocycles. The lowest BCUT2D eigenvalue weighted by Gasteiger charge is -2.04. The van der Waals surface area contributed by atoms with Crippen molar-refractivity contribution >= 4 is 0 Å². The largest absolute Gasteiger partial charge is 0.497 e. The van der Waals surface area contributed by atoms with E-state index in [1.807, 2.05) is 0 Å². The highest BCUT2D eigenvalue weighted by Gasteiger charge is 2.10. The van der Waals surface area contributed by atoms with Crippen molar-refractivity contribution in [2.24, 2.45) is 5.11 Å². The number of azide groups is 1. The van der Waals surface area contributed by atoms with Crippen molar-refractivity contribution in [2.45, 2.75) is 6.54 Å². The number of nitrogens with zero attached hydrogens (tertiary/aromatic N) is 3. The molecule has 0 atom stereocenters. The predicted octanol–water partition coefficient (Wildman–Crippen LogP) is 2.78. The van der Waals surface area contributed by atoms with Gasteiger partial charge in [0.25, 0.3) is 0 Å². The molecule has 1 aromatic carbocycles. The van der Waals surface area contributed by atoms with Crippen LogP contribution in [0.2, 0.25) is 0 Å². The first-order chi connectivity index (χ1) is 6.69. The van der Waals surface area contributed by atoms with Gasteiger partial charge in [-0.1, -0.05) is 5.11 Å². The van der Waals surface area contributed by atoms with Crippen molar-refractivity contribution < 1.29 is 13.5 Å². The van der Waals surface area contributed by atoms with Crippen molar-refractivity contribution in [3.05, 3.63) is 39.8 Å². The van der Waals surface area contributed by atoms with Crippen LogP contribution in [0.4, 0.5) is 8.78 Å². The van der Waals surface area contributed by atoms with Gasteiger partial charge in [-0.3, -0.25) is 0 Å². The Bertz CT molecular complexity index is 388. The van der Waals surface area contributed by atoms with Gasteiger partial charge in [0, 0.05) is 16.5 Å². The van der Waals surface area contributed by atoms with Crippen molar-refractivity contribution in [1.29, 1.82) is 0 Å². The fourth-order valence-electron chi connectivity index (χ4n) is 0.959. The molecule has 14 heavy (non-hydrogen) atoms. The molecule has 0 aliphatic carbocycles. The Morgan fingerprint density at radius 1 is 1.50 bits per heavy atom. The summed E-state index contributed by atoms with van der Waals surface area (Å²) in [6, 6.07) is 2.21. The Morgan fingerprint density at radius 2 is 2.21 bits per heavy atom. The number of hydrogen-bond donors (Lipinski definition) is 0. The molecule has 6 heteroatoms. The van der Waals surface area contributed by atoms with Crippen molar-refractivity contribution in [1.82, 2.24) is 0 Å². The van der Waals surface area contributed by atoms with Crippen molar-refractivity contribution in [3.63, 3.8) is 0 Å². The smallest absolute Gasteiger partial charge is 0.162 e. The van der Waals surface area contributed by atoms with Crippen LogP contribution in [0, 0.1) is 11.6 Å². The third-order valence-corrected chi connectivity index (χ3v) is 1.62. The molecule has 1 rings (SSSR count). The maximum Gasteiger partial charge on any atom is 0.162 e. The number of methoxy groups -OCH3 is 1. The van der Waals surface area contributed by atoms with Crippen LogP contribution >= 0.6 is 0 Å². The van der Waals surface area contributed by atoms with E-state index in [1.54, 1.807) is 0 Å². The van der Waals surface area contributed by atoms with E-state index in [0.29, 0.717) is 0 Å². The topological polar surface area (TPSA) is 58.0 Å². The fraction of sp³-hybridized carbons (Fsp3) is 0.250. The molecule has 0 saturated carbocycles. The second-order valence-corrected chi connectivity index (χ2v) is 2.47. The van der Waals surface area contributed by atoms with E-state index < -0.39 is 11.6 Å². The molecule has 0 bridgehead atoms. The monoisotopic (exact) mass is 199 g/mol. The fourth-order valence-corrected chi connectivity index (χ4v) is 0.959. The van der Waals surface area contributed by atoms with Gasteiger partial charge in [0.05, 0.1) is 13.7 Å². The molecular formula is C8H7F2N3O. The van der Waals surface area contributed by atoms with E-state index in [9.17, 15) is 8.78 Å². The van der Waals surface area contributed by atoms with Gasteiger partial charge in [0.1, 0.15) is 5.75 Å². The molecule has 0 N–H and O–H groups in total. The maximum absolute atomic E-state index is 13.0. The number of hydrogen-bond acceptors (Lipinski definition) is 2. The van der Waals surface area contributed by atoms with Crippen LogP contribution in [0.15, 0.2) is 17.2 Å². The lowest BCUT2D eigenvalue weighted by molar-refractivity contribution is 0.404. The van der Waals surface area contributed by atoms with Gasteiger partial charge in [-0.2, -0.15) is 0 Å². The third kappa shape index (κ3) is 2.11. The average Bonchev–Trinajstić information content (AvgIpc) is 2.20. The second kappa shape index (κ2) is 4.43. The first-order valence-corrected chi connectivity index (χ1v) is 3.71. The highest BCUT2D eigenvalue weighted by atomic mass is 19.2. The molecule has 0 fully saturated rings. The van der Waals surface area contributed by atoms with Gasteiger partial charge in [-0.15, -0.1) is 0 Å². The van der Waals surface area contributed by atoms with E-state index in [1.165, 1.54) is 13.2 Å². The zero-order chi connectivity index (χ0) is 10.6. The van der Waals surface area contributed by atoms with Crippen molar-refractivity contribution in [3.8, 4) is 5.75 Å². The van der Waals surface area contributed by atoms with E-state index >= 15 is 0 Å². The quantitative estimate of drug-likeness (QED) is 0.419. The minimum atomic E-state index is -1.02. The molecule has 0 aromatic heterocycles. The summed E-state index contributed by atoms with van der Waals surface area (Å²) in [6.45, 7) is -0.240. The van der Waals surface area contributed by atoms with Gasteiger partial charge in [0.2, 0.25) is 0 Å². The molecule has 1 aromatic rings. The summed E-state index contributed by atoms with van der Waals surface area (Å²) < 4.78 is 30.6. The highest BCUT2D eigenvalue weighted by molar-refractivity contribution is 5.31. The molecule has 0 spiro atoms. The van der Waals surface area contributed by atoms with Crippen LogP contribution in [0.25, 0.3) is 10.4 Å². The van der Waals surface area contributed by atoms with Crippen LogP contribution in [0.3, 0.4) is 0 Å². The number of halogens is 2. The molecule has 4 nitrogen and oxygen atoms in total. The predicted molar refractivity (Wildman–Crippen MR) is 45.8 cm³/mol. The summed E-state index contributed by atoms with van der Waals surface area (Å²) in [4.78, 5) is 2.45. The standard InChI is InChI=1S/C8H7F2N3O/c1-14-6-2-5(4-12-13-11)8(10)7(9)3-6/h2-3H,4H2,1H3. The molecule has 0 saturated heterocycles. The maximum atomic E-state index is 13.0. The van der Waals surface area contributed by atoms with Gasteiger partial charge >= 0.3 is 0 Å². The Balaban J connectivity index is 3.12. The zero-order valence-corrected chi connectivity index (χ0v) is 7.37. The Labute approximate surface area is 78.7 Å². The highest BCUT2D eigenvalue weighted by Crippen LogP contribution is 2.20. The summed E-state index contributed by atoms with van der Waals surface area (Å²) in [7, 11) is 1.34. The summed E-state index contributed by atoms with van der Waals surface area (Å²) in [5, 5.41) is 3.14. The molecule has 0 radical (unpaired) electrons. The summed E-state index contributed by atoms with van der Waals surface area (Å²) in [5.41, 5.74) is 8.00. The van der Waals surface area contributed by atoms with Crippen LogP contribution in [-0.4, -0.2) is 7.11 Å². The molecule has 0 aliphatic rings. The summed E-state index contributed by atoms with van der Waals surface area (Å²) in [6.07, 6.45) is 0. The number of benzene rings is 1. The van der Waals surface area contributed by atoms with Gasteiger partial charge in [-0.25, -0.2) is 8.78 Å². The molecule has 0 amide bonds. The lowest BCUT2D eigenvalue weighted by atomic mass is 10.2. The Morgan fingerprint density at radius 3 is 2.79 bits per heavy atom. The molecule has 0 aliphatic heterocycles. The van der Waals surface area contributed by atoms with E-state index in [2.05, 4.69) is 10.0 Å². The first-order valence-electron chi connectivity index (χ1n) is 3.71. The SMILES string of the molecule is COc1cc(F)c(F)c(CN=[N+]=[N-])c1. The first kappa shape index (κ1) is 10.3. The van der Waals surface area contributed by atoms with Crippen LogP contribution in [0.1, 0.15) is 5.56 Å². The van der Waals surface area contributed by atoms with Crippen LogP contribution in [0.5, 0.6) is 5.75 Å². The van der Waals surface area contributed by atoms with Gasteiger partial charge in [0.15, 0.2) is 11.6 Å². The Kier molecular flexibility index (Phi) is 3.25. The minimum Gasteiger partial charge on any atom is -0.497 e. The van der Waals surface area contributed by atoms with Gasteiger partial charge in [-0.05, 0) is 11.6 Å². The summed E-state index contributed by atoms with van der Waals surface area (Å²) >= 11 is 0. The normalized spacial score (nSPS) is 9.36. The lowest BCUT2D eigenvalue weighted by Crippen LogP contribution is -1.95. The average molecular weight is 199 g/mol. The number of rotatable bonds is 3. The van der Waals surface area contributed by atoms with E-state index in [-0.39, 0.29) is 17.9 Å². The van der Waals surface area contributed by atoms with Crippen molar-refractivity contribution in [2.75, 3.05) is 7.11 Å². The van der Waals surface area contributed by atoms with Gasteiger partial charge < -0.3 is 4.74 Å².